The Kier molecular flexibility index (Phi) is 2.83. The molecule has 1 saturated heterocycles. The summed E-state index contributed by atoms with van der Waals surface area (Å²) in [7, 11) is 0. The van der Waals surface area contributed by atoms with Crippen LogP contribution in [0.15, 0.2) is 0 Å². The summed E-state index contributed by atoms with van der Waals surface area (Å²) in [5.41, 5.74) is -0.689. The molecule has 1 rings (SSSR count). The highest BCUT2D eigenvalue weighted by atomic mass is 16.7. The second-order valence-electron chi connectivity index (χ2n) is 4.67. The van der Waals surface area contributed by atoms with E-state index in [9.17, 15) is 14.4 Å². The van der Waals surface area contributed by atoms with E-state index < -0.39 is 23.3 Å². The predicted molar refractivity (Wildman–Crippen MR) is 51.5 cm³/mol. The number of hydrogen-bond donors (Lipinski definition) is 0. The number of hydrogen-bond acceptors (Lipinski definition) is 4. The molecule has 1 fully saturated rings. The highest BCUT2D eigenvalue weighted by molar-refractivity contribution is 6.07. The smallest absolute Gasteiger partial charge is 0.337 e. The zero-order chi connectivity index (χ0) is 11.8. The van der Waals surface area contributed by atoms with Gasteiger partial charge in [-0.3, -0.25) is 9.59 Å². The summed E-state index contributed by atoms with van der Waals surface area (Å²) in [6.45, 7) is 6.59. The van der Waals surface area contributed by atoms with E-state index in [0.29, 0.717) is 0 Å². The molecule has 0 spiro atoms. The number of ketones is 1. The van der Waals surface area contributed by atoms with E-state index in [1.165, 1.54) is 0 Å². The molecule has 0 saturated carbocycles. The van der Waals surface area contributed by atoms with Crippen LogP contribution in [0.25, 0.3) is 0 Å². The molecule has 1 atom stereocenters. The molecule has 0 bridgehead atoms. The van der Waals surface area contributed by atoms with Crippen LogP contribution < -0.4 is 0 Å². The van der Waals surface area contributed by atoms with E-state index in [2.05, 4.69) is 0 Å². The molecule has 0 N–H and O–H groups in total. The monoisotopic (exact) mass is 213 g/mol. The minimum absolute atomic E-state index is 0.182. The summed E-state index contributed by atoms with van der Waals surface area (Å²) >= 11 is 0. The Hall–Kier alpha value is -1.39. The highest BCUT2D eigenvalue weighted by Crippen LogP contribution is 2.21. The molecular formula is C10H15NO4. The van der Waals surface area contributed by atoms with Gasteiger partial charge in [0.15, 0.2) is 5.78 Å². The topological polar surface area (TPSA) is 63.7 Å². The van der Waals surface area contributed by atoms with Crippen molar-refractivity contribution in [1.29, 1.82) is 0 Å². The summed E-state index contributed by atoms with van der Waals surface area (Å²) in [6.07, 6.45) is -0.182. The first-order chi connectivity index (χ1) is 6.73. The second kappa shape index (κ2) is 3.64. The van der Waals surface area contributed by atoms with Gasteiger partial charge in [-0.05, 0) is 27.7 Å². The van der Waals surface area contributed by atoms with E-state index >= 15 is 0 Å². The number of Topliss-reactive ketones (excluding diaryl/α,β-unsaturated/α-hetero) is 1. The number of carbonyl (C=O) groups is 3. The van der Waals surface area contributed by atoms with Crippen LogP contribution in [0.1, 0.15) is 34.1 Å². The normalized spacial score (nSPS) is 22.1. The van der Waals surface area contributed by atoms with Gasteiger partial charge >= 0.3 is 5.97 Å². The number of hydroxylamine groups is 2. The van der Waals surface area contributed by atoms with Gasteiger partial charge in [-0.1, -0.05) is 0 Å². The number of rotatable bonds is 1. The van der Waals surface area contributed by atoms with Crippen molar-refractivity contribution >= 4 is 17.7 Å². The average Bonchev–Trinajstić information content (AvgIpc) is 2.30. The summed E-state index contributed by atoms with van der Waals surface area (Å²) in [5.74, 6) is -1.19. The fraction of sp³-hybridized carbons (Fsp3) is 0.700. The van der Waals surface area contributed by atoms with Crippen LogP contribution in [0, 0.1) is 5.41 Å². The van der Waals surface area contributed by atoms with Gasteiger partial charge in [0.2, 0.25) is 0 Å². The van der Waals surface area contributed by atoms with E-state index in [0.717, 1.165) is 5.06 Å². The SMILES string of the molecule is C[C@H]1C(=O)CC(=O)N1OC(=O)C(C)(C)C. The average molecular weight is 213 g/mol. The van der Waals surface area contributed by atoms with Gasteiger partial charge in [0.25, 0.3) is 5.91 Å². The van der Waals surface area contributed by atoms with Crippen LogP contribution in [0.2, 0.25) is 0 Å². The van der Waals surface area contributed by atoms with Crippen LogP contribution in [0.3, 0.4) is 0 Å². The molecule has 1 heterocycles. The lowest BCUT2D eigenvalue weighted by Crippen LogP contribution is -2.39. The summed E-state index contributed by atoms with van der Waals surface area (Å²) in [6, 6.07) is -0.663. The van der Waals surface area contributed by atoms with Gasteiger partial charge < -0.3 is 4.84 Å². The summed E-state index contributed by atoms with van der Waals surface area (Å²) in [5, 5.41) is 0.871. The molecule has 0 radical (unpaired) electrons. The standard InChI is InChI=1S/C10H15NO4/c1-6-7(12)5-8(13)11(6)15-9(14)10(2,3)4/h6H,5H2,1-4H3/t6-/m0/s1. The van der Waals surface area contributed by atoms with Crippen molar-refractivity contribution in [2.75, 3.05) is 0 Å². The highest BCUT2D eigenvalue weighted by Gasteiger charge is 2.40. The molecule has 0 aliphatic carbocycles. The minimum Gasteiger partial charge on any atom is -0.337 e. The van der Waals surface area contributed by atoms with Crippen molar-refractivity contribution in [1.82, 2.24) is 5.06 Å². The third-order valence-corrected chi connectivity index (χ3v) is 2.18. The maximum Gasteiger partial charge on any atom is 0.337 e. The molecule has 0 aromatic heterocycles. The predicted octanol–water partition coefficient (Wildman–Crippen LogP) is 0.681. The summed E-state index contributed by atoms with van der Waals surface area (Å²) in [4.78, 5) is 38.8. The zero-order valence-electron chi connectivity index (χ0n) is 9.36. The Morgan fingerprint density at radius 3 is 2.27 bits per heavy atom. The third-order valence-electron chi connectivity index (χ3n) is 2.18. The maximum atomic E-state index is 11.5. The quantitative estimate of drug-likeness (QED) is 0.601. The van der Waals surface area contributed by atoms with Crippen molar-refractivity contribution in [3.8, 4) is 0 Å². The second-order valence-corrected chi connectivity index (χ2v) is 4.67. The first-order valence-corrected chi connectivity index (χ1v) is 4.80. The molecule has 1 amide bonds. The molecule has 1 aliphatic heterocycles. The molecule has 84 valence electrons. The van der Waals surface area contributed by atoms with E-state index in [1.807, 2.05) is 0 Å². The lowest BCUT2D eigenvalue weighted by atomic mass is 9.98. The van der Waals surface area contributed by atoms with E-state index in [-0.39, 0.29) is 12.2 Å². The largest absolute Gasteiger partial charge is 0.337 e. The Labute approximate surface area is 88.3 Å². The number of carbonyl (C=O) groups excluding carboxylic acids is 3. The van der Waals surface area contributed by atoms with Crippen molar-refractivity contribution in [2.24, 2.45) is 5.41 Å². The van der Waals surface area contributed by atoms with Crippen LogP contribution >= 0.6 is 0 Å². The Bertz CT molecular complexity index is 316. The van der Waals surface area contributed by atoms with Crippen molar-refractivity contribution < 1.29 is 19.2 Å². The van der Waals surface area contributed by atoms with Gasteiger partial charge in [-0.25, -0.2) is 4.79 Å². The lowest BCUT2D eigenvalue weighted by Gasteiger charge is -2.23. The Morgan fingerprint density at radius 1 is 1.40 bits per heavy atom. The molecule has 5 heteroatoms. The van der Waals surface area contributed by atoms with Crippen molar-refractivity contribution in [3.05, 3.63) is 0 Å². The maximum absolute atomic E-state index is 11.5. The molecule has 5 nitrogen and oxygen atoms in total. The van der Waals surface area contributed by atoms with Crippen LogP contribution in [0.4, 0.5) is 0 Å². The summed E-state index contributed by atoms with van der Waals surface area (Å²) < 4.78 is 0. The van der Waals surface area contributed by atoms with Gasteiger partial charge in [-0.15, -0.1) is 0 Å². The third kappa shape index (κ3) is 2.34. The number of nitrogens with zero attached hydrogens (tertiary/aromatic N) is 1. The van der Waals surface area contributed by atoms with Gasteiger partial charge in [0, 0.05) is 0 Å². The Balaban J connectivity index is 2.71. The molecule has 0 aromatic rings. The van der Waals surface area contributed by atoms with Gasteiger partial charge in [-0.2, -0.15) is 5.06 Å². The lowest BCUT2D eigenvalue weighted by molar-refractivity contribution is -0.206. The first-order valence-electron chi connectivity index (χ1n) is 4.80. The van der Waals surface area contributed by atoms with E-state index in [4.69, 9.17) is 4.84 Å². The molecule has 1 aliphatic rings. The molecule has 0 unspecified atom stereocenters. The van der Waals surface area contributed by atoms with Crippen molar-refractivity contribution in [3.63, 3.8) is 0 Å². The molecule has 0 aromatic carbocycles. The fourth-order valence-corrected chi connectivity index (χ4v) is 1.08. The first kappa shape index (κ1) is 11.7. The number of amides is 1. The zero-order valence-corrected chi connectivity index (χ0v) is 9.36. The van der Waals surface area contributed by atoms with Crippen LogP contribution in [0.5, 0.6) is 0 Å². The van der Waals surface area contributed by atoms with Crippen molar-refractivity contribution in [2.45, 2.75) is 40.2 Å². The van der Waals surface area contributed by atoms with Crippen LogP contribution in [-0.2, 0) is 19.2 Å². The van der Waals surface area contributed by atoms with Gasteiger partial charge in [0.1, 0.15) is 6.04 Å². The molecule has 15 heavy (non-hydrogen) atoms. The fourth-order valence-electron chi connectivity index (χ4n) is 1.08. The van der Waals surface area contributed by atoms with Gasteiger partial charge in [0.05, 0.1) is 11.8 Å². The van der Waals surface area contributed by atoms with E-state index in [1.54, 1.807) is 27.7 Å². The Morgan fingerprint density at radius 2 is 1.93 bits per heavy atom. The van der Waals surface area contributed by atoms with Crippen LogP contribution in [-0.4, -0.2) is 28.8 Å². The minimum atomic E-state index is -0.689. The molecular weight excluding hydrogens is 198 g/mol.